The molecular weight excluding hydrogens is 650 g/mol. The van der Waals surface area contributed by atoms with E-state index in [2.05, 4.69) is 47.4 Å². The SMILES string of the molecule is CCOc1ccc2[nH]c(C(=O)NN=Cc3cc(Br)cc(Br)c3OC(=O)c3cccc(C)c3)c(-c3ccccc3)c2c1. The molecule has 0 radical (unpaired) electrons. The smallest absolute Gasteiger partial charge is 0.343 e. The van der Waals surface area contributed by atoms with Crippen molar-refractivity contribution in [2.45, 2.75) is 13.8 Å². The van der Waals surface area contributed by atoms with Crippen molar-refractivity contribution in [3.8, 4) is 22.6 Å². The molecule has 5 aromatic rings. The summed E-state index contributed by atoms with van der Waals surface area (Å²) >= 11 is 6.93. The van der Waals surface area contributed by atoms with Crippen LogP contribution in [0.4, 0.5) is 0 Å². The molecule has 1 amide bonds. The number of H-pyrrole nitrogens is 1. The minimum Gasteiger partial charge on any atom is -0.494 e. The minimum atomic E-state index is -0.507. The molecule has 5 rings (SSSR count). The maximum atomic E-state index is 13.4. The third-order valence-electron chi connectivity index (χ3n) is 6.23. The number of hydrogen-bond acceptors (Lipinski definition) is 5. The number of hydrazone groups is 1. The lowest BCUT2D eigenvalue weighted by molar-refractivity contribution is 0.0732. The third kappa shape index (κ3) is 6.42. The van der Waals surface area contributed by atoms with Crippen molar-refractivity contribution in [1.82, 2.24) is 10.4 Å². The van der Waals surface area contributed by atoms with Crippen LogP contribution in [0.15, 0.2) is 99.0 Å². The summed E-state index contributed by atoms with van der Waals surface area (Å²) in [7, 11) is 0. The van der Waals surface area contributed by atoms with E-state index in [1.165, 1.54) is 6.21 Å². The molecule has 0 atom stereocenters. The van der Waals surface area contributed by atoms with E-state index < -0.39 is 11.9 Å². The van der Waals surface area contributed by atoms with Crippen LogP contribution in [0.25, 0.3) is 22.0 Å². The Morgan fingerprint density at radius 1 is 0.976 bits per heavy atom. The molecule has 0 bridgehead atoms. The zero-order valence-corrected chi connectivity index (χ0v) is 25.4. The van der Waals surface area contributed by atoms with Crippen LogP contribution in [0.1, 0.15) is 38.9 Å². The highest BCUT2D eigenvalue weighted by Crippen LogP contribution is 2.35. The van der Waals surface area contributed by atoms with E-state index in [-0.39, 0.29) is 5.75 Å². The van der Waals surface area contributed by atoms with Crippen LogP contribution < -0.4 is 14.9 Å². The normalized spacial score (nSPS) is 11.1. The van der Waals surface area contributed by atoms with Gasteiger partial charge < -0.3 is 14.5 Å². The quantitative estimate of drug-likeness (QED) is 0.0754. The fourth-order valence-electron chi connectivity index (χ4n) is 4.43. The maximum Gasteiger partial charge on any atom is 0.343 e. The number of nitrogens with zero attached hydrogens (tertiary/aromatic N) is 1. The summed E-state index contributed by atoms with van der Waals surface area (Å²) in [5.74, 6) is 0.0555. The summed E-state index contributed by atoms with van der Waals surface area (Å²) in [6, 6.07) is 26.0. The lowest BCUT2D eigenvalue weighted by atomic mass is 10.0. The Morgan fingerprint density at radius 3 is 2.54 bits per heavy atom. The van der Waals surface area contributed by atoms with E-state index in [9.17, 15) is 9.59 Å². The molecule has 7 nitrogen and oxygen atoms in total. The molecular formula is C32H25Br2N3O4. The highest BCUT2D eigenvalue weighted by Gasteiger charge is 2.20. The molecule has 0 saturated heterocycles. The number of amides is 1. The third-order valence-corrected chi connectivity index (χ3v) is 7.27. The molecule has 206 valence electrons. The van der Waals surface area contributed by atoms with E-state index in [0.717, 1.165) is 32.1 Å². The average molecular weight is 675 g/mol. The maximum absolute atomic E-state index is 13.4. The van der Waals surface area contributed by atoms with Gasteiger partial charge in [0.15, 0.2) is 5.75 Å². The van der Waals surface area contributed by atoms with Gasteiger partial charge in [-0.1, -0.05) is 64.0 Å². The standard InChI is InChI=1S/C32H25Br2N3O4/c1-3-40-24-12-13-27-25(17-24)28(20-9-5-4-6-10-20)29(36-27)31(38)37-35-18-22-15-23(33)16-26(34)30(22)41-32(39)21-11-7-8-19(2)14-21/h4-18,36H,3H2,1-2H3,(H,37,38). The van der Waals surface area contributed by atoms with Gasteiger partial charge in [0, 0.05) is 26.5 Å². The monoisotopic (exact) mass is 673 g/mol. The molecule has 9 heteroatoms. The second-order valence-electron chi connectivity index (χ2n) is 9.15. The zero-order chi connectivity index (χ0) is 28.9. The van der Waals surface area contributed by atoms with Gasteiger partial charge in [0.25, 0.3) is 5.91 Å². The molecule has 0 aliphatic carbocycles. The number of aryl methyl sites for hydroxylation is 1. The van der Waals surface area contributed by atoms with Gasteiger partial charge >= 0.3 is 5.97 Å². The summed E-state index contributed by atoms with van der Waals surface area (Å²) < 4.78 is 12.7. The lowest BCUT2D eigenvalue weighted by Crippen LogP contribution is -2.19. The average Bonchev–Trinajstić information content (AvgIpc) is 3.34. The number of rotatable bonds is 8. The summed E-state index contributed by atoms with van der Waals surface area (Å²) in [5, 5.41) is 5.06. The predicted octanol–water partition coefficient (Wildman–Crippen LogP) is 8.05. The Labute approximate surface area is 253 Å². The van der Waals surface area contributed by atoms with Crippen LogP contribution in [0.2, 0.25) is 0 Å². The summed E-state index contributed by atoms with van der Waals surface area (Å²) in [4.78, 5) is 29.5. The van der Waals surface area contributed by atoms with Crippen LogP contribution in [-0.2, 0) is 0 Å². The van der Waals surface area contributed by atoms with E-state index in [4.69, 9.17) is 9.47 Å². The fourth-order valence-corrected chi connectivity index (χ4v) is 5.77. The number of nitrogens with one attached hydrogen (secondary N) is 2. The van der Waals surface area contributed by atoms with Gasteiger partial charge in [0.05, 0.1) is 22.9 Å². The van der Waals surface area contributed by atoms with Gasteiger partial charge in [0.1, 0.15) is 11.4 Å². The summed E-state index contributed by atoms with van der Waals surface area (Å²) in [6.45, 7) is 4.36. The zero-order valence-electron chi connectivity index (χ0n) is 22.2. The molecule has 0 spiro atoms. The number of aromatic nitrogens is 1. The second-order valence-corrected chi connectivity index (χ2v) is 10.9. The number of carbonyl (C=O) groups is 2. The predicted molar refractivity (Wildman–Crippen MR) is 168 cm³/mol. The van der Waals surface area contributed by atoms with Crippen LogP contribution in [0.5, 0.6) is 11.5 Å². The van der Waals surface area contributed by atoms with E-state index >= 15 is 0 Å². The topological polar surface area (TPSA) is 92.8 Å². The number of benzene rings is 4. The van der Waals surface area contributed by atoms with Gasteiger partial charge in [-0.15, -0.1) is 0 Å². The van der Waals surface area contributed by atoms with Crippen LogP contribution in [-0.4, -0.2) is 29.7 Å². The largest absolute Gasteiger partial charge is 0.494 e. The molecule has 0 aliphatic heterocycles. The lowest BCUT2D eigenvalue weighted by Gasteiger charge is -2.11. The molecule has 1 heterocycles. The van der Waals surface area contributed by atoms with Crippen molar-refractivity contribution < 1.29 is 19.1 Å². The molecule has 0 aliphatic rings. The van der Waals surface area contributed by atoms with Crippen molar-refractivity contribution in [2.24, 2.45) is 5.10 Å². The summed E-state index contributed by atoms with van der Waals surface area (Å²) in [5.41, 5.74) is 7.24. The van der Waals surface area contributed by atoms with Crippen LogP contribution in [0.3, 0.4) is 0 Å². The Hall–Kier alpha value is -4.21. The first-order valence-corrected chi connectivity index (χ1v) is 14.4. The van der Waals surface area contributed by atoms with E-state index in [1.807, 2.05) is 68.4 Å². The second kappa shape index (κ2) is 12.5. The first-order valence-electron chi connectivity index (χ1n) is 12.8. The Bertz CT molecular complexity index is 1780. The van der Waals surface area contributed by atoms with E-state index in [0.29, 0.717) is 33.6 Å². The van der Waals surface area contributed by atoms with Crippen molar-refractivity contribution >= 4 is 60.9 Å². The van der Waals surface area contributed by atoms with E-state index in [1.54, 1.807) is 30.3 Å². The van der Waals surface area contributed by atoms with Gasteiger partial charge in [-0.25, -0.2) is 10.2 Å². The number of esters is 1. The molecule has 2 N–H and O–H groups in total. The molecule has 0 saturated carbocycles. The van der Waals surface area contributed by atoms with Crippen LogP contribution in [0, 0.1) is 6.92 Å². The number of hydrogen-bond donors (Lipinski definition) is 2. The van der Waals surface area contributed by atoms with Crippen molar-refractivity contribution in [3.05, 3.63) is 116 Å². The number of ether oxygens (including phenoxy) is 2. The van der Waals surface area contributed by atoms with Crippen LogP contribution >= 0.6 is 31.9 Å². The molecule has 41 heavy (non-hydrogen) atoms. The molecule has 0 fully saturated rings. The highest BCUT2D eigenvalue weighted by atomic mass is 79.9. The van der Waals surface area contributed by atoms with Gasteiger partial charge in [-0.3, -0.25) is 4.79 Å². The molecule has 4 aromatic carbocycles. The number of fused-ring (bicyclic) bond motifs is 1. The Kier molecular flexibility index (Phi) is 8.66. The van der Waals surface area contributed by atoms with Crippen molar-refractivity contribution in [1.29, 1.82) is 0 Å². The first kappa shape index (κ1) is 28.3. The fraction of sp³-hybridized carbons (Fsp3) is 0.0938. The first-order chi connectivity index (χ1) is 19.8. The van der Waals surface area contributed by atoms with Crippen molar-refractivity contribution in [3.63, 3.8) is 0 Å². The number of aromatic amines is 1. The Morgan fingerprint density at radius 2 is 1.78 bits per heavy atom. The number of halogens is 2. The number of carbonyl (C=O) groups excluding carboxylic acids is 2. The highest BCUT2D eigenvalue weighted by molar-refractivity contribution is 9.11. The van der Waals surface area contributed by atoms with Gasteiger partial charge in [-0.2, -0.15) is 5.10 Å². The molecule has 0 unspecified atom stereocenters. The Balaban J connectivity index is 1.45. The minimum absolute atomic E-state index is 0.275. The van der Waals surface area contributed by atoms with Crippen molar-refractivity contribution in [2.75, 3.05) is 6.61 Å². The van der Waals surface area contributed by atoms with Gasteiger partial charge in [0.2, 0.25) is 0 Å². The summed E-state index contributed by atoms with van der Waals surface area (Å²) in [6.07, 6.45) is 1.43. The van der Waals surface area contributed by atoms with Gasteiger partial charge in [-0.05, 0) is 77.8 Å². The molecule has 1 aromatic heterocycles.